The van der Waals surface area contributed by atoms with Crippen molar-refractivity contribution in [1.82, 2.24) is 9.38 Å². The van der Waals surface area contributed by atoms with E-state index < -0.39 is 12.1 Å². The van der Waals surface area contributed by atoms with Gasteiger partial charge in [-0.15, -0.1) is 0 Å². The summed E-state index contributed by atoms with van der Waals surface area (Å²) in [5.41, 5.74) is 6.84. The Bertz CT molecular complexity index is 999. The van der Waals surface area contributed by atoms with Crippen LogP contribution in [-0.2, 0) is 0 Å². The quantitative estimate of drug-likeness (QED) is 0.734. The maximum Gasteiger partial charge on any atom is 0.189 e. The maximum atomic E-state index is 13.6. The third-order valence-electron chi connectivity index (χ3n) is 4.35. The second kappa shape index (κ2) is 5.54. The number of rotatable bonds is 4. The number of alkyl halides is 1. The van der Waals surface area contributed by atoms with Gasteiger partial charge < -0.3 is 10.5 Å². The summed E-state index contributed by atoms with van der Waals surface area (Å²) >= 11 is 0. The summed E-state index contributed by atoms with van der Waals surface area (Å²) in [7, 11) is 0. The lowest BCUT2D eigenvalue weighted by Gasteiger charge is -2.10. The molecule has 2 atom stereocenters. The van der Waals surface area contributed by atoms with E-state index in [-0.39, 0.29) is 29.5 Å². The van der Waals surface area contributed by atoms with E-state index in [2.05, 4.69) is 4.98 Å². The van der Waals surface area contributed by atoms with Crippen molar-refractivity contribution in [2.24, 2.45) is 5.92 Å². The number of hydrogen-bond acceptors (Lipinski definition) is 4. The lowest BCUT2D eigenvalue weighted by Crippen LogP contribution is -2.10. The molecule has 1 saturated carbocycles. The van der Waals surface area contributed by atoms with Gasteiger partial charge in [-0.3, -0.25) is 9.20 Å². The molecule has 25 heavy (non-hydrogen) atoms. The lowest BCUT2D eigenvalue weighted by molar-refractivity contribution is 0.0952. The first-order valence-electron chi connectivity index (χ1n) is 7.84. The number of aromatic nitrogens is 2. The van der Waals surface area contributed by atoms with Crippen LogP contribution in [0.3, 0.4) is 0 Å². The van der Waals surface area contributed by atoms with E-state index in [0.717, 1.165) is 0 Å². The standard InChI is InChI=1S/C18H15F2N3O2/c1-9-12(19)3-2-4-14(9)25-10-5-6-15-22-18(21)16(23(15)8-10)17(24)11-7-13(11)20/h2-6,8,11,13H,7,21H2,1H3/t11-,13+/m1/s1. The molecule has 2 heterocycles. The first-order valence-corrected chi connectivity index (χ1v) is 7.84. The number of anilines is 1. The third kappa shape index (κ3) is 2.61. The summed E-state index contributed by atoms with van der Waals surface area (Å²) < 4.78 is 34.1. The molecule has 0 spiro atoms. The van der Waals surface area contributed by atoms with Crippen LogP contribution < -0.4 is 10.5 Å². The monoisotopic (exact) mass is 343 g/mol. The number of hydrogen-bond donors (Lipinski definition) is 1. The Morgan fingerprint density at radius 3 is 2.84 bits per heavy atom. The fraction of sp³-hybridized carbons (Fsp3) is 0.222. The molecule has 1 fully saturated rings. The van der Waals surface area contributed by atoms with Gasteiger partial charge in [-0.1, -0.05) is 6.07 Å². The van der Waals surface area contributed by atoms with Crippen molar-refractivity contribution in [3.05, 3.63) is 53.6 Å². The number of carbonyl (C=O) groups is 1. The molecule has 3 aromatic rings. The van der Waals surface area contributed by atoms with Crippen molar-refractivity contribution in [1.29, 1.82) is 0 Å². The number of ketones is 1. The number of Topliss-reactive ketones (excluding diaryl/α,β-unsaturated/α-hetero) is 1. The lowest BCUT2D eigenvalue weighted by atomic mass is 10.2. The number of nitrogens with zero attached hydrogens (tertiary/aromatic N) is 2. The number of nitrogen functional groups attached to an aromatic ring is 1. The number of fused-ring (bicyclic) bond motifs is 1. The van der Waals surface area contributed by atoms with E-state index in [0.29, 0.717) is 22.7 Å². The van der Waals surface area contributed by atoms with Crippen molar-refractivity contribution in [2.45, 2.75) is 19.5 Å². The maximum absolute atomic E-state index is 13.6. The average molecular weight is 343 g/mol. The fourth-order valence-corrected chi connectivity index (χ4v) is 2.78. The number of imidazole rings is 1. The van der Waals surface area contributed by atoms with Gasteiger partial charge in [-0.05, 0) is 37.6 Å². The van der Waals surface area contributed by atoms with Gasteiger partial charge in [0.15, 0.2) is 11.6 Å². The van der Waals surface area contributed by atoms with Crippen LogP contribution in [0.4, 0.5) is 14.6 Å². The van der Waals surface area contributed by atoms with Gasteiger partial charge in [-0.2, -0.15) is 0 Å². The molecule has 4 rings (SSSR count). The van der Waals surface area contributed by atoms with Crippen LogP contribution in [0, 0.1) is 18.7 Å². The zero-order valence-electron chi connectivity index (χ0n) is 13.4. The highest BCUT2D eigenvalue weighted by Crippen LogP contribution is 2.38. The van der Waals surface area contributed by atoms with Crippen molar-refractivity contribution in [3.63, 3.8) is 0 Å². The molecular formula is C18H15F2N3O2. The van der Waals surface area contributed by atoms with E-state index >= 15 is 0 Å². The van der Waals surface area contributed by atoms with Gasteiger partial charge in [0.1, 0.15) is 34.8 Å². The second-order valence-corrected chi connectivity index (χ2v) is 6.13. The number of halogens is 2. The third-order valence-corrected chi connectivity index (χ3v) is 4.35. The van der Waals surface area contributed by atoms with Crippen LogP contribution in [0.15, 0.2) is 36.5 Å². The predicted octanol–water partition coefficient (Wildman–Crippen LogP) is 3.70. The Labute approximate surface area is 142 Å². The van der Waals surface area contributed by atoms with Crippen molar-refractivity contribution >= 4 is 17.2 Å². The summed E-state index contributed by atoms with van der Waals surface area (Å²) in [5.74, 6) is -0.576. The zero-order valence-corrected chi connectivity index (χ0v) is 13.4. The van der Waals surface area contributed by atoms with E-state index in [1.165, 1.54) is 10.5 Å². The Hall–Kier alpha value is -2.96. The van der Waals surface area contributed by atoms with Gasteiger partial charge in [0.2, 0.25) is 0 Å². The second-order valence-electron chi connectivity index (χ2n) is 6.13. The minimum absolute atomic E-state index is 0.0585. The summed E-state index contributed by atoms with van der Waals surface area (Å²) in [6.07, 6.45) is 0.641. The van der Waals surface area contributed by atoms with Crippen LogP contribution in [0.1, 0.15) is 22.5 Å². The first-order chi connectivity index (χ1) is 12.0. The van der Waals surface area contributed by atoms with Crippen molar-refractivity contribution in [2.75, 3.05) is 5.73 Å². The number of carbonyl (C=O) groups excluding carboxylic acids is 1. The minimum Gasteiger partial charge on any atom is -0.455 e. The van der Waals surface area contributed by atoms with E-state index in [1.54, 1.807) is 37.4 Å². The molecule has 128 valence electrons. The number of benzene rings is 1. The molecule has 5 nitrogen and oxygen atoms in total. The zero-order chi connectivity index (χ0) is 17.7. The SMILES string of the molecule is Cc1c(F)cccc1Oc1ccc2nc(N)c(C(=O)[C@@H]3C[C@@H]3F)n2c1. The minimum atomic E-state index is -1.12. The topological polar surface area (TPSA) is 69.6 Å². The van der Waals surface area contributed by atoms with E-state index in [1.807, 2.05) is 0 Å². The Morgan fingerprint density at radius 1 is 1.36 bits per heavy atom. The van der Waals surface area contributed by atoms with E-state index in [4.69, 9.17) is 10.5 Å². The molecular weight excluding hydrogens is 328 g/mol. The Balaban J connectivity index is 1.74. The summed E-state index contributed by atoms with van der Waals surface area (Å²) in [5, 5.41) is 0. The summed E-state index contributed by atoms with van der Waals surface area (Å²) in [4.78, 5) is 16.5. The highest BCUT2D eigenvalue weighted by atomic mass is 19.1. The van der Waals surface area contributed by atoms with Gasteiger partial charge in [0, 0.05) is 5.56 Å². The largest absolute Gasteiger partial charge is 0.455 e. The van der Waals surface area contributed by atoms with Crippen LogP contribution >= 0.6 is 0 Å². The number of ether oxygens (including phenoxy) is 1. The molecule has 0 bridgehead atoms. The van der Waals surface area contributed by atoms with Crippen LogP contribution in [-0.4, -0.2) is 21.3 Å². The van der Waals surface area contributed by atoms with Crippen LogP contribution in [0.25, 0.3) is 5.65 Å². The molecule has 7 heteroatoms. The van der Waals surface area contributed by atoms with Gasteiger partial charge >= 0.3 is 0 Å². The molecule has 1 aliphatic rings. The molecule has 0 saturated heterocycles. The molecule has 0 amide bonds. The molecule has 1 aliphatic carbocycles. The average Bonchev–Trinajstić information content (AvgIpc) is 3.21. The molecule has 2 aromatic heterocycles. The van der Waals surface area contributed by atoms with Crippen LogP contribution in [0.2, 0.25) is 0 Å². The Morgan fingerprint density at radius 2 is 2.12 bits per heavy atom. The highest BCUT2D eigenvalue weighted by molar-refractivity contribution is 6.03. The van der Waals surface area contributed by atoms with Crippen molar-refractivity contribution < 1.29 is 18.3 Å². The fourth-order valence-electron chi connectivity index (χ4n) is 2.78. The Kier molecular flexibility index (Phi) is 3.45. The van der Waals surface area contributed by atoms with Gasteiger partial charge in [0.25, 0.3) is 0 Å². The predicted molar refractivity (Wildman–Crippen MR) is 88.1 cm³/mol. The highest BCUT2D eigenvalue weighted by Gasteiger charge is 2.45. The van der Waals surface area contributed by atoms with Gasteiger partial charge in [0.05, 0.1) is 12.1 Å². The first kappa shape index (κ1) is 15.6. The summed E-state index contributed by atoms with van der Waals surface area (Å²) in [6, 6.07) is 7.83. The molecule has 0 radical (unpaired) electrons. The molecule has 0 aliphatic heterocycles. The number of pyridine rings is 1. The molecule has 1 aromatic carbocycles. The van der Waals surface area contributed by atoms with Crippen LogP contribution in [0.5, 0.6) is 11.5 Å². The van der Waals surface area contributed by atoms with Gasteiger partial charge in [-0.25, -0.2) is 13.8 Å². The summed E-state index contributed by atoms with van der Waals surface area (Å²) in [6.45, 7) is 1.61. The van der Waals surface area contributed by atoms with Crippen molar-refractivity contribution in [3.8, 4) is 11.5 Å². The molecule has 2 N–H and O–H groups in total. The smallest absolute Gasteiger partial charge is 0.189 e. The normalized spacial score (nSPS) is 19.2. The van der Waals surface area contributed by atoms with E-state index in [9.17, 15) is 13.6 Å². The molecule has 0 unspecified atom stereocenters. The number of nitrogens with two attached hydrogens (primary N) is 1.